The smallest absolute Gasteiger partial charge is 0.307 e. The van der Waals surface area contributed by atoms with Gasteiger partial charge in [-0.3, -0.25) is 4.79 Å². The summed E-state index contributed by atoms with van der Waals surface area (Å²) in [6.45, 7) is 0.764. The van der Waals surface area contributed by atoms with Gasteiger partial charge in [0.05, 0.1) is 6.21 Å². The molecule has 0 fully saturated rings. The average Bonchev–Trinajstić information content (AvgIpc) is 3.37. The lowest BCUT2D eigenvalue weighted by Gasteiger charge is -2.05. The molecule has 2 aromatic heterocycles. The molecule has 0 radical (unpaired) electrons. The average molecular weight is 393 g/mol. The minimum Gasteiger partial charge on any atom is -0.451 e. The summed E-state index contributed by atoms with van der Waals surface area (Å²) in [4.78, 5) is 12.4. The van der Waals surface area contributed by atoms with Gasteiger partial charge in [0.1, 0.15) is 5.58 Å². The number of hydrazone groups is 1. The molecule has 5 nitrogen and oxygen atoms in total. The van der Waals surface area contributed by atoms with Gasteiger partial charge < -0.3 is 8.98 Å². The van der Waals surface area contributed by atoms with E-state index in [9.17, 15) is 4.79 Å². The maximum Gasteiger partial charge on any atom is 0.307 e. The highest BCUT2D eigenvalue weighted by molar-refractivity contribution is 6.01. The first-order chi connectivity index (χ1) is 14.8. The van der Waals surface area contributed by atoms with Crippen molar-refractivity contribution in [2.24, 2.45) is 5.10 Å². The molecule has 0 bridgehead atoms. The van der Waals surface area contributed by atoms with E-state index in [4.69, 9.17) is 4.42 Å². The summed E-state index contributed by atoms with van der Waals surface area (Å²) in [6.07, 6.45) is 3.72. The Morgan fingerprint density at radius 3 is 2.60 bits per heavy atom. The molecule has 0 unspecified atom stereocenters. The molecule has 0 aliphatic heterocycles. The quantitative estimate of drug-likeness (QED) is 0.330. The summed E-state index contributed by atoms with van der Waals surface area (Å²) in [7, 11) is 0. The first-order valence-electron chi connectivity index (χ1n) is 9.72. The van der Waals surface area contributed by atoms with Gasteiger partial charge >= 0.3 is 5.91 Å². The Hall–Kier alpha value is -4.12. The molecule has 0 aliphatic rings. The Kier molecular flexibility index (Phi) is 4.62. The highest BCUT2D eigenvalue weighted by atomic mass is 16.3. The molecular weight excluding hydrogens is 374 g/mol. The van der Waals surface area contributed by atoms with Crippen molar-refractivity contribution in [1.82, 2.24) is 9.99 Å². The Labute approximate surface area is 173 Å². The maximum atomic E-state index is 12.4. The number of hydrogen-bond acceptors (Lipinski definition) is 3. The van der Waals surface area contributed by atoms with Crippen molar-refractivity contribution in [3.05, 3.63) is 108 Å². The molecule has 146 valence electrons. The lowest BCUT2D eigenvalue weighted by molar-refractivity contribution is 0.0929. The number of fused-ring (bicyclic) bond motifs is 2. The monoisotopic (exact) mass is 393 g/mol. The van der Waals surface area contributed by atoms with Crippen LogP contribution in [0.1, 0.15) is 21.7 Å². The van der Waals surface area contributed by atoms with Gasteiger partial charge in [0.25, 0.3) is 0 Å². The lowest BCUT2D eigenvalue weighted by Crippen LogP contribution is -2.16. The fraction of sp³-hybridized carbons (Fsp3) is 0.0400. The molecule has 3 aromatic carbocycles. The minimum atomic E-state index is -0.379. The zero-order valence-corrected chi connectivity index (χ0v) is 16.2. The number of nitrogens with one attached hydrogen (secondary N) is 1. The number of carbonyl (C=O) groups excluding carboxylic acids is 1. The van der Waals surface area contributed by atoms with Gasteiger partial charge in [-0.25, -0.2) is 5.43 Å². The maximum absolute atomic E-state index is 12.4. The Bertz CT molecular complexity index is 1330. The van der Waals surface area contributed by atoms with Crippen LogP contribution in [0.15, 0.2) is 101 Å². The Balaban J connectivity index is 1.38. The molecule has 1 N–H and O–H groups in total. The summed E-state index contributed by atoms with van der Waals surface area (Å²) >= 11 is 0. The second-order valence-corrected chi connectivity index (χ2v) is 7.06. The van der Waals surface area contributed by atoms with Gasteiger partial charge in [0, 0.05) is 34.6 Å². The third-order valence-corrected chi connectivity index (χ3v) is 5.03. The van der Waals surface area contributed by atoms with Gasteiger partial charge in [-0.15, -0.1) is 0 Å². The van der Waals surface area contributed by atoms with Crippen LogP contribution in [0.4, 0.5) is 0 Å². The Morgan fingerprint density at radius 1 is 0.967 bits per heavy atom. The van der Waals surface area contributed by atoms with E-state index in [1.54, 1.807) is 12.3 Å². The molecule has 30 heavy (non-hydrogen) atoms. The molecule has 0 aliphatic carbocycles. The molecular formula is C25H19N3O2. The predicted molar refractivity (Wildman–Crippen MR) is 119 cm³/mol. The summed E-state index contributed by atoms with van der Waals surface area (Å²) in [6, 6.07) is 27.7. The zero-order chi connectivity index (χ0) is 20.3. The Morgan fingerprint density at radius 2 is 1.73 bits per heavy atom. The van der Waals surface area contributed by atoms with E-state index in [2.05, 4.69) is 45.6 Å². The van der Waals surface area contributed by atoms with E-state index >= 15 is 0 Å². The summed E-state index contributed by atoms with van der Waals surface area (Å²) in [5, 5.41) is 6.12. The number of furan rings is 1. The van der Waals surface area contributed by atoms with Crippen LogP contribution in [0.25, 0.3) is 21.9 Å². The third-order valence-electron chi connectivity index (χ3n) is 5.03. The van der Waals surface area contributed by atoms with E-state index in [1.807, 2.05) is 54.6 Å². The number of hydrogen-bond donors (Lipinski definition) is 1. The highest BCUT2D eigenvalue weighted by Gasteiger charge is 2.11. The van der Waals surface area contributed by atoms with Crippen molar-refractivity contribution < 1.29 is 9.21 Å². The van der Waals surface area contributed by atoms with Crippen LogP contribution in [0.5, 0.6) is 0 Å². The van der Waals surface area contributed by atoms with Crippen LogP contribution in [-0.4, -0.2) is 16.7 Å². The molecule has 0 atom stereocenters. The van der Waals surface area contributed by atoms with Crippen LogP contribution in [-0.2, 0) is 6.54 Å². The van der Waals surface area contributed by atoms with Gasteiger partial charge in [-0.1, -0.05) is 66.7 Å². The van der Waals surface area contributed by atoms with E-state index in [0.29, 0.717) is 5.58 Å². The topological polar surface area (TPSA) is 59.5 Å². The number of amides is 1. The second kappa shape index (κ2) is 7.72. The van der Waals surface area contributed by atoms with Crippen LogP contribution in [0, 0.1) is 0 Å². The van der Waals surface area contributed by atoms with E-state index < -0.39 is 0 Å². The zero-order valence-electron chi connectivity index (χ0n) is 16.2. The molecule has 5 aromatic rings. The predicted octanol–water partition coefficient (Wildman–Crippen LogP) is 5.20. The van der Waals surface area contributed by atoms with Gasteiger partial charge in [0.2, 0.25) is 0 Å². The fourth-order valence-corrected chi connectivity index (χ4v) is 3.60. The number of carbonyl (C=O) groups is 1. The van der Waals surface area contributed by atoms with Crippen molar-refractivity contribution in [2.45, 2.75) is 6.54 Å². The van der Waals surface area contributed by atoms with E-state index in [0.717, 1.165) is 28.4 Å². The van der Waals surface area contributed by atoms with Crippen molar-refractivity contribution >= 4 is 34.0 Å². The minimum absolute atomic E-state index is 0.236. The fourth-order valence-electron chi connectivity index (χ4n) is 3.60. The summed E-state index contributed by atoms with van der Waals surface area (Å²) < 4.78 is 7.77. The number of para-hydroxylation sites is 2. The molecule has 5 rings (SSSR count). The second-order valence-electron chi connectivity index (χ2n) is 7.06. The third kappa shape index (κ3) is 3.49. The summed E-state index contributed by atoms with van der Waals surface area (Å²) in [5.41, 5.74) is 6.51. The van der Waals surface area contributed by atoms with Crippen LogP contribution < -0.4 is 5.43 Å². The molecule has 5 heteroatoms. The normalized spacial score (nSPS) is 11.5. The molecule has 2 heterocycles. The number of nitrogens with zero attached hydrogens (tertiary/aromatic N) is 2. The van der Waals surface area contributed by atoms with Crippen molar-refractivity contribution in [3.8, 4) is 0 Å². The molecule has 0 saturated heterocycles. The van der Waals surface area contributed by atoms with Crippen LogP contribution in [0.3, 0.4) is 0 Å². The first-order valence-corrected chi connectivity index (χ1v) is 9.72. The van der Waals surface area contributed by atoms with Crippen molar-refractivity contribution in [1.29, 1.82) is 0 Å². The van der Waals surface area contributed by atoms with E-state index in [-0.39, 0.29) is 11.7 Å². The van der Waals surface area contributed by atoms with Crippen LogP contribution >= 0.6 is 0 Å². The molecule has 0 spiro atoms. The van der Waals surface area contributed by atoms with Gasteiger partial charge in [-0.2, -0.15) is 5.10 Å². The molecule has 1 amide bonds. The van der Waals surface area contributed by atoms with Crippen LogP contribution in [0.2, 0.25) is 0 Å². The SMILES string of the molecule is O=C(N/N=C\c1cn(Cc2ccccc2)c2ccccc12)c1cc2ccccc2o1. The largest absolute Gasteiger partial charge is 0.451 e. The van der Waals surface area contributed by atoms with E-state index in [1.165, 1.54) is 5.56 Å². The van der Waals surface area contributed by atoms with Crippen molar-refractivity contribution in [2.75, 3.05) is 0 Å². The van der Waals surface area contributed by atoms with Gasteiger partial charge in [-0.05, 0) is 23.8 Å². The number of rotatable bonds is 5. The van der Waals surface area contributed by atoms with Gasteiger partial charge in [0.15, 0.2) is 5.76 Å². The standard InChI is InChI=1S/C25H19N3O2/c29-25(24-14-19-10-4-7-13-23(19)30-24)27-26-15-20-17-28(16-18-8-2-1-3-9-18)22-12-6-5-11-21(20)22/h1-15,17H,16H2,(H,27,29)/b26-15-. The number of benzene rings is 3. The molecule has 0 saturated carbocycles. The lowest BCUT2D eigenvalue weighted by atomic mass is 10.2. The number of aromatic nitrogens is 1. The summed E-state index contributed by atoms with van der Waals surface area (Å²) in [5.74, 6) is -0.143. The first kappa shape index (κ1) is 17.9. The highest BCUT2D eigenvalue weighted by Crippen LogP contribution is 2.21. The van der Waals surface area contributed by atoms with Crippen molar-refractivity contribution in [3.63, 3.8) is 0 Å².